The van der Waals surface area contributed by atoms with E-state index in [1.54, 1.807) is 0 Å². The fourth-order valence-electron chi connectivity index (χ4n) is 2.60. The number of hydrogen-bond acceptors (Lipinski definition) is 4. The third-order valence-corrected chi connectivity index (χ3v) is 4.53. The minimum atomic E-state index is -0.180. The molecule has 21 heavy (non-hydrogen) atoms. The van der Waals surface area contributed by atoms with Crippen molar-refractivity contribution in [2.24, 2.45) is 0 Å². The first-order valence-electron chi connectivity index (χ1n) is 6.95. The molecule has 0 radical (unpaired) electrons. The van der Waals surface area contributed by atoms with Crippen LogP contribution >= 0.6 is 11.3 Å². The van der Waals surface area contributed by atoms with Gasteiger partial charge >= 0.3 is 0 Å². The number of Topliss-reactive ketones (excluding diaryl/α,β-unsaturated/α-hetero) is 1. The Labute approximate surface area is 127 Å². The Bertz CT molecular complexity index is 714. The van der Waals surface area contributed by atoms with Crippen molar-refractivity contribution >= 4 is 28.2 Å². The molecule has 1 aliphatic carbocycles. The van der Waals surface area contributed by atoms with E-state index in [9.17, 15) is 9.59 Å². The zero-order chi connectivity index (χ0) is 15.0. The normalized spacial score (nSPS) is 13.9. The highest BCUT2D eigenvalue weighted by Gasteiger charge is 2.23. The molecule has 1 N–H and O–H groups in total. The Hall–Kier alpha value is -2.01. The Kier molecular flexibility index (Phi) is 3.59. The number of carbonyl (C=O) groups is 2. The second kappa shape index (κ2) is 5.41. The maximum Gasteiger partial charge on any atom is 0.257 e. The molecule has 1 amide bonds. The summed E-state index contributed by atoms with van der Waals surface area (Å²) in [6.07, 6.45) is 2.25. The van der Waals surface area contributed by atoms with Crippen molar-refractivity contribution in [1.29, 1.82) is 0 Å². The van der Waals surface area contributed by atoms with Crippen molar-refractivity contribution in [3.05, 3.63) is 45.5 Å². The number of anilines is 1. The van der Waals surface area contributed by atoms with Crippen LogP contribution in [0.25, 0.3) is 0 Å². The number of benzene rings is 1. The van der Waals surface area contributed by atoms with Gasteiger partial charge in [-0.25, -0.2) is 4.98 Å². The van der Waals surface area contributed by atoms with Crippen LogP contribution in [0.5, 0.6) is 0 Å². The number of thiazole rings is 1. The molecule has 1 aromatic heterocycles. The lowest BCUT2D eigenvalue weighted by Crippen LogP contribution is -2.12. The summed E-state index contributed by atoms with van der Waals surface area (Å²) in [5.74, 6) is -0.0407. The molecular formula is C16H16N2O2S. The molecule has 108 valence electrons. The van der Waals surface area contributed by atoms with E-state index in [0.717, 1.165) is 29.7 Å². The van der Waals surface area contributed by atoms with E-state index in [-0.39, 0.29) is 11.7 Å². The first-order valence-corrected chi connectivity index (χ1v) is 7.77. The summed E-state index contributed by atoms with van der Waals surface area (Å²) in [4.78, 5) is 29.2. The molecule has 0 fully saturated rings. The van der Waals surface area contributed by atoms with Gasteiger partial charge < -0.3 is 0 Å². The van der Waals surface area contributed by atoms with Gasteiger partial charge in [0.05, 0.1) is 10.6 Å². The standard InChI is InChI=1S/C16H16N2O2S/c1-9-6-10(2)8-11(7-9)15(20)18-16-17-12-4-3-5-13(19)14(12)21-16/h6-8H,3-5H2,1-2H3,(H,17,18,20). The van der Waals surface area contributed by atoms with Crippen LogP contribution in [0, 0.1) is 13.8 Å². The average molecular weight is 300 g/mol. The number of aryl methyl sites for hydroxylation is 3. The van der Waals surface area contributed by atoms with E-state index in [2.05, 4.69) is 10.3 Å². The van der Waals surface area contributed by atoms with Crippen molar-refractivity contribution in [3.8, 4) is 0 Å². The van der Waals surface area contributed by atoms with Crippen LogP contribution in [-0.2, 0) is 6.42 Å². The summed E-state index contributed by atoms with van der Waals surface area (Å²) in [5.41, 5.74) is 3.54. The zero-order valence-corrected chi connectivity index (χ0v) is 12.8. The van der Waals surface area contributed by atoms with Crippen LogP contribution in [0.3, 0.4) is 0 Å². The maximum absolute atomic E-state index is 12.3. The number of rotatable bonds is 2. The van der Waals surface area contributed by atoms with Gasteiger partial charge in [0.2, 0.25) is 0 Å². The average Bonchev–Trinajstić information content (AvgIpc) is 2.81. The van der Waals surface area contributed by atoms with E-state index < -0.39 is 0 Å². The monoisotopic (exact) mass is 300 g/mol. The van der Waals surface area contributed by atoms with Crippen molar-refractivity contribution in [1.82, 2.24) is 4.98 Å². The fourth-order valence-corrected chi connectivity index (χ4v) is 3.57. The zero-order valence-electron chi connectivity index (χ0n) is 12.0. The van der Waals surface area contributed by atoms with Gasteiger partial charge in [0.25, 0.3) is 5.91 Å². The van der Waals surface area contributed by atoms with Gasteiger partial charge in [0.15, 0.2) is 10.9 Å². The van der Waals surface area contributed by atoms with Crippen molar-refractivity contribution in [2.45, 2.75) is 33.1 Å². The second-order valence-corrected chi connectivity index (χ2v) is 6.40. The highest BCUT2D eigenvalue weighted by atomic mass is 32.1. The van der Waals surface area contributed by atoms with E-state index in [1.165, 1.54) is 11.3 Å². The van der Waals surface area contributed by atoms with Gasteiger partial charge in [-0.2, -0.15) is 0 Å². The van der Waals surface area contributed by atoms with Crippen LogP contribution in [0.1, 0.15) is 49.7 Å². The van der Waals surface area contributed by atoms with Crippen LogP contribution < -0.4 is 5.32 Å². The quantitative estimate of drug-likeness (QED) is 0.923. The number of ketones is 1. The van der Waals surface area contributed by atoms with Gasteiger partial charge in [-0.15, -0.1) is 0 Å². The highest BCUT2D eigenvalue weighted by molar-refractivity contribution is 7.17. The molecule has 0 saturated heterocycles. The molecule has 3 rings (SSSR count). The van der Waals surface area contributed by atoms with E-state index >= 15 is 0 Å². The maximum atomic E-state index is 12.3. The summed E-state index contributed by atoms with van der Waals surface area (Å²) < 4.78 is 0. The minimum absolute atomic E-state index is 0.139. The Morgan fingerprint density at radius 1 is 1.19 bits per heavy atom. The summed E-state index contributed by atoms with van der Waals surface area (Å²) in [6, 6.07) is 5.72. The molecule has 4 nitrogen and oxygen atoms in total. The molecule has 5 heteroatoms. The lowest BCUT2D eigenvalue weighted by Gasteiger charge is -2.05. The minimum Gasteiger partial charge on any atom is -0.298 e. The number of aromatic nitrogens is 1. The lowest BCUT2D eigenvalue weighted by atomic mass is 10.0. The van der Waals surface area contributed by atoms with Gasteiger partial charge in [0.1, 0.15) is 0 Å². The Balaban J connectivity index is 1.83. The fraction of sp³-hybridized carbons (Fsp3) is 0.312. The SMILES string of the molecule is Cc1cc(C)cc(C(=O)Nc2nc3c(s2)C(=O)CCC3)c1. The number of fused-ring (bicyclic) bond motifs is 1. The van der Waals surface area contributed by atoms with Crippen molar-refractivity contribution in [3.63, 3.8) is 0 Å². The van der Waals surface area contributed by atoms with Crippen LogP contribution in [0.4, 0.5) is 5.13 Å². The van der Waals surface area contributed by atoms with E-state index in [4.69, 9.17) is 0 Å². The number of hydrogen-bond donors (Lipinski definition) is 1. The first-order chi connectivity index (χ1) is 10.0. The molecule has 0 saturated carbocycles. The molecule has 1 aromatic carbocycles. The van der Waals surface area contributed by atoms with Crippen LogP contribution in [0.15, 0.2) is 18.2 Å². The van der Waals surface area contributed by atoms with Crippen LogP contribution in [0.2, 0.25) is 0 Å². The van der Waals surface area contributed by atoms with Gasteiger partial charge in [-0.1, -0.05) is 28.5 Å². The molecule has 0 atom stereocenters. The first kappa shape index (κ1) is 13.9. The predicted molar refractivity (Wildman–Crippen MR) is 83.3 cm³/mol. The molecule has 0 unspecified atom stereocenters. The number of nitrogens with zero attached hydrogens (tertiary/aromatic N) is 1. The van der Waals surface area contributed by atoms with Gasteiger partial charge in [-0.3, -0.25) is 14.9 Å². The van der Waals surface area contributed by atoms with Gasteiger partial charge in [-0.05, 0) is 38.8 Å². The molecule has 1 heterocycles. The summed E-state index contributed by atoms with van der Waals surface area (Å²) >= 11 is 1.28. The van der Waals surface area contributed by atoms with Crippen LogP contribution in [-0.4, -0.2) is 16.7 Å². The lowest BCUT2D eigenvalue weighted by molar-refractivity contribution is 0.0975. The summed E-state index contributed by atoms with van der Waals surface area (Å²) in [6.45, 7) is 3.93. The number of nitrogens with one attached hydrogen (secondary N) is 1. The summed E-state index contributed by atoms with van der Waals surface area (Å²) in [5, 5.41) is 3.32. The second-order valence-electron chi connectivity index (χ2n) is 5.40. The Morgan fingerprint density at radius 2 is 1.90 bits per heavy atom. The summed E-state index contributed by atoms with van der Waals surface area (Å²) in [7, 11) is 0. The highest BCUT2D eigenvalue weighted by Crippen LogP contribution is 2.29. The smallest absolute Gasteiger partial charge is 0.257 e. The molecule has 0 spiro atoms. The van der Waals surface area contributed by atoms with E-state index in [0.29, 0.717) is 22.0 Å². The molecule has 0 bridgehead atoms. The van der Waals surface area contributed by atoms with Crippen molar-refractivity contribution in [2.75, 3.05) is 5.32 Å². The topological polar surface area (TPSA) is 59.1 Å². The predicted octanol–water partition coefficient (Wildman–Crippen LogP) is 3.53. The molecule has 0 aliphatic heterocycles. The van der Waals surface area contributed by atoms with Gasteiger partial charge in [0, 0.05) is 12.0 Å². The van der Waals surface area contributed by atoms with E-state index in [1.807, 2.05) is 32.0 Å². The third-order valence-electron chi connectivity index (χ3n) is 3.47. The molecule has 2 aromatic rings. The third kappa shape index (κ3) is 2.88. The molecular weight excluding hydrogens is 284 g/mol. The Morgan fingerprint density at radius 3 is 2.57 bits per heavy atom. The van der Waals surface area contributed by atoms with Crippen molar-refractivity contribution < 1.29 is 9.59 Å². The molecule has 1 aliphatic rings. The largest absolute Gasteiger partial charge is 0.298 e. The number of amides is 1. The number of carbonyl (C=O) groups excluding carboxylic acids is 2.